The minimum absolute atomic E-state index is 0.0237. The third-order valence-electron chi connectivity index (χ3n) is 7.11. The van der Waals surface area contributed by atoms with Crippen molar-refractivity contribution in [3.8, 4) is 11.5 Å². The van der Waals surface area contributed by atoms with E-state index in [1.807, 2.05) is 31.2 Å². The van der Waals surface area contributed by atoms with Crippen LogP contribution < -0.4 is 19.3 Å². The largest absolute Gasteiger partial charge is 0.493 e. The molecular weight excluding hydrogens is 451 g/mol. The molecule has 3 unspecified atom stereocenters. The third-order valence-corrected chi connectivity index (χ3v) is 7.11. The number of fused-ring (bicyclic) bond motifs is 3. The predicted octanol–water partition coefficient (Wildman–Crippen LogP) is 4.05. The van der Waals surface area contributed by atoms with Crippen LogP contribution in [0, 0.1) is 5.82 Å². The van der Waals surface area contributed by atoms with Crippen LogP contribution in [-0.2, 0) is 11.2 Å². The molecule has 3 aliphatic heterocycles. The SMILES string of the molecule is COc1cc2c(c(F)c1OC)C=NN(C(=O)N(C)c1ccc(N3CC4CCC(C3)O4)cc1)C(C)C2. The number of hydrazone groups is 1. The van der Waals surface area contributed by atoms with Gasteiger partial charge in [0.2, 0.25) is 0 Å². The summed E-state index contributed by atoms with van der Waals surface area (Å²) in [7, 11) is 4.58. The van der Waals surface area contributed by atoms with E-state index < -0.39 is 5.82 Å². The van der Waals surface area contributed by atoms with E-state index in [2.05, 4.69) is 10.0 Å². The number of rotatable bonds is 4. The molecular formula is C26H31FN4O4. The first-order valence-corrected chi connectivity index (χ1v) is 11.9. The number of anilines is 2. The first-order valence-electron chi connectivity index (χ1n) is 11.9. The molecule has 3 heterocycles. The molecule has 186 valence electrons. The Hall–Kier alpha value is -3.33. The molecule has 9 heteroatoms. The Bertz CT molecular complexity index is 1130. The number of morpholine rings is 1. The van der Waals surface area contributed by atoms with E-state index >= 15 is 4.39 Å². The van der Waals surface area contributed by atoms with Gasteiger partial charge in [-0.3, -0.25) is 4.90 Å². The minimum Gasteiger partial charge on any atom is -0.493 e. The summed E-state index contributed by atoms with van der Waals surface area (Å²) in [4.78, 5) is 17.3. The van der Waals surface area contributed by atoms with Crippen molar-refractivity contribution in [1.82, 2.24) is 5.01 Å². The maximum Gasteiger partial charge on any atom is 0.344 e. The Morgan fingerprint density at radius 2 is 1.83 bits per heavy atom. The number of carbonyl (C=O) groups is 1. The maximum atomic E-state index is 15.1. The standard InChI is InChI=1S/C26H31FN4O4/c1-16-11-17-12-23(33-3)25(34-4)24(27)22(17)13-28-31(16)26(32)29(2)18-5-7-19(8-6-18)30-14-20-9-10-21(15-30)35-20/h5-8,12-13,16,20-21H,9-11,14-15H2,1-4H3. The molecule has 2 fully saturated rings. The van der Waals surface area contributed by atoms with Crippen molar-refractivity contribution >= 4 is 23.6 Å². The van der Waals surface area contributed by atoms with Crippen molar-refractivity contribution in [3.05, 3.63) is 47.3 Å². The fraction of sp³-hybridized carbons (Fsp3) is 0.462. The number of nitrogens with zero attached hydrogens (tertiary/aromatic N) is 4. The summed E-state index contributed by atoms with van der Waals surface area (Å²) in [6.45, 7) is 3.69. The molecule has 0 radical (unpaired) electrons. The number of benzene rings is 2. The van der Waals surface area contributed by atoms with Crippen LogP contribution in [0.4, 0.5) is 20.6 Å². The summed E-state index contributed by atoms with van der Waals surface area (Å²) in [6, 6.07) is 9.14. The van der Waals surface area contributed by atoms with E-state index in [0.29, 0.717) is 35.5 Å². The fourth-order valence-electron chi connectivity index (χ4n) is 5.18. The van der Waals surface area contributed by atoms with Gasteiger partial charge in [0, 0.05) is 37.1 Å². The molecule has 0 N–H and O–H groups in total. The second kappa shape index (κ2) is 9.37. The number of amides is 2. The van der Waals surface area contributed by atoms with Gasteiger partial charge in [-0.15, -0.1) is 0 Å². The zero-order valence-corrected chi connectivity index (χ0v) is 20.5. The highest BCUT2D eigenvalue weighted by atomic mass is 19.1. The number of ether oxygens (including phenoxy) is 3. The molecule has 5 rings (SSSR count). The van der Waals surface area contributed by atoms with E-state index in [1.165, 1.54) is 25.4 Å². The summed E-state index contributed by atoms with van der Waals surface area (Å²) < 4.78 is 31.5. The number of carbonyl (C=O) groups excluding carboxylic acids is 1. The number of halogens is 1. The molecule has 2 saturated heterocycles. The Balaban J connectivity index is 1.33. The van der Waals surface area contributed by atoms with Crippen LogP contribution in [-0.4, -0.2) is 69.9 Å². The van der Waals surface area contributed by atoms with Gasteiger partial charge in [-0.1, -0.05) is 0 Å². The van der Waals surface area contributed by atoms with Crippen molar-refractivity contribution in [3.63, 3.8) is 0 Å². The lowest BCUT2D eigenvalue weighted by Crippen LogP contribution is -2.43. The van der Waals surface area contributed by atoms with Crippen LogP contribution in [0.2, 0.25) is 0 Å². The fourth-order valence-corrected chi connectivity index (χ4v) is 5.18. The lowest BCUT2D eigenvalue weighted by Gasteiger charge is -2.34. The second-order valence-corrected chi connectivity index (χ2v) is 9.36. The van der Waals surface area contributed by atoms with Crippen LogP contribution in [0.1, 0.15) is 30.9 Å². The molecule has 0 aliphatic carbocycles. The lowest BCUT2D eigenvalue weighted by atomic mass is 10.00. The predicted molar refractivity (Wildman–Crippen MR) is 132 cm³/mol. The zero-order chi connectivity index (χ0) is 24.7. The van der Waals surface area contributed by atoms with E-state index in [1.54, 1.807) is 18.0 Å². The van der Waals surface area contributed by atoms with Gasteiger partial charge in [0.1, 0.15) is 0 Å². The van der Waals surface area contributed by atoms with Crippen LogP contribution in [0.15, 0.2) is 35.4 Å². The van der Waals surface area contributed by atoms with Gasteiger partial charge in [-0.05, 0) is 62.1 Å². The highest BCUT2D eigenvalue weighted by molar-refractivity contribution is 5.93. The Kier molecular flexibility index (Phi) is 6.27. The lowest BCUT2D eigenvalue weighted by molar-refractivity contribution is 0.0305. The summed E-state index contributed by atoms with van der Waals surface area (Å²) >= 11 is 0. The maximum absolute atomic E-state index is 15.1. The second-order valence-electron chi connectivity index (χ2n) is 9.36. The molecule has 0 spiro atoms. The molecule has 2 amide bonds. The topological polar surface area (TPSA) is 66.8 Å². The third kappa shape index (κ3) is 4.29. The highest BCUT2D eigenvalue weighted by Crippen LogP contribution is 2.36. The van der Waals surface area contributed by atoms with Crippen LogP contribution >= 0.6 is 0 Å². The smallest absolute Gasteiger partial charge is 0.344 e. The zero-order valence-electron chi connectivity index (χ0n) is 20.5. The van der Waals surface area contributed by atoms with Gasteiger partial charge in [-0.25, -0.2) is 14.2 Å². The van der Waals surface area contributed by atoms with Crippen LogP contribution in [0.3, 0.4) is 0 Å². The number of hydrogen-bond donors (Lipinski definition) is 0. The first kappa shape index (κ1) is 23.4. The summed E-state index contributed by atoms with van der Waals surface area (Å²) in [5, 5.41) is 5.75. The summed E-state index contributed by atoms with van der Waals surface area (Å²) in [5.41, 5.74) is 2.90. The minimum atomic E-state index is -0.549. The van der Waals surface area contributed by atoms with Crippen molar-refractivity contribution in [2.75, 3.05) is 44.2 Å². The molecule has 35 heavy (non-hydrogen) atoms. The van der Waals surface area contributed by atoms with Gasteiger partial charge in [0.25, 0.3) is 0 Å². The van der Waals surface area contributed by atoms with Crippen molar-refractivity contribution in [2.45, 2.75) is 44.4 Å². The molecule has 3 aliphatic rings. The Morgan fingerprint density at radius 1 is 1.14 bits per heavy atom. The molecule has 0 saturated carbocycles. The highest BCUT2D eigenvalue weighted by Gasteiger charge is 2.34. The Morgan fingerprint density at radius 3 is 2.46 bits per heavy atom. The van der Waals surface area contributed by atoms with E-state index in [0.717, 1.165) is 37.3 Å². The molecule has 2 aromatic rings. The van der Waals surface area contributed by atoms with Crippen LogP contribution in [0.5, 0.6) is 11.5 Å². The number of methoxy groups -OCH3 is 2. The van der Waals surface area contributed by atoms with Crippen molar-refractivity contribution in [1.29, 1.82) is 0 Å². The molecule has 8 nitrogen and oxygen atoms in total. The monoisotopic (exact) mass is 482 g/mol. The van der Waals surface area contributed by atoms with E-state index in [-0.39, 0.29) is 17.8 Å². The number of hydrogen-bond acceptors (Lipinski definition) is 6. The average Bonchev–Trinajstić information content (AvgIpc) is 3.11. The molecule has 3 atom stereocenters. The van der Waals surface area contributed by atoms with Gasteiger partial charge in [0.15, 0.2) is 17.3 Å². The molecule has 0 aromatic heterocycles. The van der Waals surface area contributed by atoms with Gasteiger partial charge < -0.3 is 19.1 Å². The summed E-state index contributed by atoms with van der Waals surface area (Å²) in [5.74, 6) is -0.210. The van der Waals surface area contributed by atoms with Crippen molar-refractivity contribution < 1.29 is 23.4 Å². The van der Waals surface area contributed by atoms with E-state index in [4.69, 9.17) is 14.2 Å². The first-order chi connectivity index (χ1) is 16.9. The Labute approximate surface area is 204 Å². The normalized spacial score (nSPS) is 23.1. The van der Waals surface area contributed by atoms with Crippen LogP contribution in [0.25, 0.3) is 0 Å². The average molecular weight is 483 g/mol. The summed E-state index contributed by atoms with van der Waals surface area (Å²) in [6.07, 6.45) is 4.68. The van der Waals surface area contributed by atoms with Crippen molar-refractivity contribution in [2.24, 2.45) is 5.10 Å². The number of urea groups is 1. The molecule has 2 bridgehead atoms. The quantitative estimate of drug-likeness (QED) is 0.658. The van der Waals surface area contributed by atoms with Gasteiger partial charge in [0.05, 0.1) is 38.7 Å². The molecule has 2 aromatic carbocycles. The van der Waals surface area contributed by atoms with Gasteiger partial charge >= 0.3 is 6.03 Å². The van der Waals surface area contributed by atoms with E-state index in [9.17, 15) is 4.79 Å². The van der Waals surface area contributed by atoms with Gasteiger partial charge in [-0.2, -0.15) is 5.10 Å².